The quantitative estimate of drug-likeness (QED) is 0.629. The number of primary amides is 1. The zero-order chi connectivity index (χ0) is 13.7. The zero-order valence-corrected chi connectivity index (χ0v) is 11.4. The van der Waals surface area contributed by atoms with Gasteiger partial charge in [-0.15, -0.1) is 5.10 Å². The number of tetrazole rings is 1. The molecule has 6 nitrogen and oxygen atoms in total. The molecule has 0 saturated carbocycles. The van der Waals surface area contributed by atoms with Crippen molar-refractivity contribution in [3.05, 3.63) is 35.4 Å². The monoisotopic (exact) mass is 277 g/mol. The Labute approximate surface area is 115 Å². The number of carbonyl (C=O) groups excluding carboxylic acids is 1. The summed E-state index contributed by atoms with van der Waals surface area (Å²) in [7, 11) is 1.81. The number of aryl methyl sites for hydroxylation is 2. The van der Waals surface area contributed by atoms with E-state index < -0.39 is 0 Å². The first-order valence-electron chi connectivity index (χ1n) is 5.91. The van der Waals surface area contributed by atoms with Gasteiger partial charge in [0, 0.05) is 18.4 Å². The van der Waals surface area contributed by atoms with E-state index in [1.165, 1.54) is 0 Å². The number of carbonyl (C=O) groups is 1. The molecule has 7 heteroatoms. The van der Waals surface area contributed by atoms with E-state index in [2.05, 4.69) is 15.5 Å². The molecule has 0 radical (unpaired) electrons. The maximum absolute atomic E-state index is 11.3. The van der Waals surface area contributed by atoms with Crippen molar-refractivity contribution < 1.29 is 4.79 Å². The number of hydrogen-bond acceptors (Lipinski definition) is 5. The Hall–Kier alpha value is -1.89. The molecule has 100 valence electrons. The van der Waals surface area contributed by atoms with E-state index in [1.807, 2.05) is 25.2 Å². The van der Waals surface area contributed by atoms with Crippen LogP contribution in [0.15, 0.2) is 29.4 Å². The van der Waals surface area contributed by atoms with Crippen LogP contribution in [0.3, 0.4) is 0 Å². The minimum atomic E-state index is -0.374. The molecule has 1 amide bonds. The van der Waals surface area contributed by atoms with Crippen LogP contribution in [0.2, 0.25) is 0 Å². The van der Waals surface area contributed by atoms with Crippen LogP contribution >= 0.6 is 11.8 Å². The number of benzene rings is 1. The van der Waals surface area contributed by atoms with Crippen molar-refractivity contribution in [2.24, 2.45) is 12.8 Å². The molecule has 0 fully saturated rings. The molecule has 2 rings (SSSR count). The van der Waals surface area contributed by atoms with Crippen LogP contribution in [0, 0.1) is 0 Å². The lowest BCUT2D eigenvalue weighted by Crippen LogP contribution is -2.13. The van der Waals surface area contributed by atoms with Crippen LogP contribution < -0.4 is 5.73 Å². The van der Waals surface area contributed by atoms with Crippen LogP contribution in [0.4, 0.5) is 0 Å². The van der Waals surface area contributed by atoms with Crippen LogP contribution in [0.5, 0.6) is 0 Å². The van der Waals surface area contributed by atoms with E-state index >= 15 is 0 Å². The Balaban J connectivity index is 1.86. The number of rotatable bonds is 6. The van der Waals surface area contributed by atoms with Crippen molar-refractivity contribution >= 4 is 17.7 Å². The second kappa shape index (κ2) is 6.33. The third kappa shape index (κ3) is 3.54. The van der Waals surface area contributed by atoms with Gasteiger partial charge in [0.25, 0.3) is 0 Å². The Morgan fingerprint density at radius 2 is 2.21 bits per heavy atom. The smallest absolute Gasteiger partial charge is 0.248 e. The second-order valence-corrected chi connectivity index (χ2v) is 5.12. The molecule has 0 unspecified atom stereocenters. The van der Waals surface area contributed by atoms with Gasteiger partial charge in [0.2, 0.25) is 11.1 Å². The molecule has 19 heavy (non-hydrogen) atoms. The number of hydrogen-bond donors (Lipinski definition) is 1. The number of aromatic nitrogens is 4. The van der Waals surface area contributed by atoms with Gasteiger partial charge < -0.3 is 5.73 Å². The van der Waals surface area contributed by atoms with Crippen molar-refractivity contribution in [1.29, 1.82) is 0 Å². The molecular weight excluding hydrogens is 262 g/mol. The van der Waals surface area contributed by atoms with Gasteiger partial charge >= 0.3 is 0 Å². The zero-order valence-electron chi connectivity index (χ0n) is 10.6. The first kappa shape index (κ1) is 13.5. The molecule has 0 saturated heterocycles. The maximum atomic E-state index is 11.3. The molecule has 1 heterocycles. The predicted molar refractivity (Wildman–Crippen MR) is 72.8 cm³/mol. The summed E-state index contributed by atoms with van der Waals surface area (Å²) in [6.45, 7) is 0. The highest BCUT2D eigenvalue weighted by molar-refractivity contribution is 7.99. The number of nitrogens with two attached hydrogens (primary N) is 1. The highest BCUT2D eigenvalue weighted by Crippen LogP contribution is 2.16. The Kier molecular flexibility index (Phi) is 4.51. The lowest BCUT2D eigenvalue weighted by atomic mass is 10.0. The van der Waals surface area contributed by atoms with Crippen LogP contribution in [-0.4, -0.2) is 31.9 Å². The lowest BCUT2D eigenvalue weighted by Gasteiger charge is -2.05. The van der Waals surface area contributed by atoms with Gasteiger partial charge in [-0.2, -0.15) is 0 Å². The largest absolute Gasteiger partial charge is 0.366 e. The predicted octanol–water partition coefficient (Wildman–Crippen LogP) is 1.03. The summed E-state index contributed by atoms with van der Waals surface area (Å²) in [5.41, 5.74) is 6.94. The minimum absolute atomic E-state index is 0.374. The van der Waals surface area contributed by atoms with Crippen molar-refractivity contribution in [1.82, 2.24) is 20.2 Å². The normalized spacial score (nSPS) is 10.6. The summed E-state index contributed by atoms with van der Waals surface area (Å²) in [4.78, 5) is 11.3. The van der Waals surface area contributed by atoms with E-state index in [0.29, 0.717) is 5.56 Å². The van der Waals surface area contributed by atoms with Gasteiger partial charge in [0.05, 0.1) is 0 Å². The molecule has 0 aliphatic rings. The van der Waals surface area contributed by atoms with Crippen molar-refractivity contribution in [2.75, 3.05) is 5.75 Å². The van der Waals surface area contributed by atoms with E-state index in [0.717, 1.165) is 29.3 Å². The average Bonchev–Trinajstić information content (AvgIpc) is 2.80. The van der Waals surface area contributed by atoms with E-state index in [1.54, 1.807) is 22.5 Å². The summed E-state index contributed by atoms with van der Waals surface area (Å²) in [5.74, 6) is 0.516. The maximum Gasteiger partial charge on any atom is 0.248 e. The molecule has 0 aliphatic carbocycles. The highest BCUT2D eigenvalue weighted by atomic mass is 32.2. The summed E-state index contributed by atoms with van der Waals surface area (Å²) < 4.78 is 1.64. The van der Waals surface area contributed by atoms with Crippen molar-refractivity contribution in [2.45, 2.75) is 18.0 Å². The summed E-state index contributed by atoms with van der Waals surface area (Å²) in [5, 5.41) is 12.0. The summed E-state index contributed by atoms with van der Waals surface area (Å²) in [6, 6.07) is 7.44. The van der Waals surface area contributed by atoms with Crippen molar-refractivity contribution in [3.8, 4) is 0 Å². The molecule has 1 aromatic carbocycles. The highest BCUT2D eigenvalue weighted by Gasteiger charge is 2.07. The van der Waals surface area contributed by atoms with Gasteiger partial charge in [-0.3, -0.25) is 4.79 Å². The van der Waals surface area contributed by atoms with Gasteiger partial charge in [-0.1, -0.05) is 30.0 Å². The van der Waals surface area contributed by atoms with Gasteiger partial charge in [-0.25, -0.2) is 4.68 Å². The van der Waals surface area contributed by atoms with Crippen LogP contribution in [-0.2, 0) is 13.5 Å². The molecule has 0 atom stereocenters. The van der Waals surface area contributed by atoms with E-state index in [-0.39, 0.29) is 5.91 Å². The SMILES string of the molecule is Cn1nnnc1SCCCc1ccccc1C(N)=O. The van der Waals surface area contributed by atoms with Gasteiger partial charge in [-0.05, 0) is 34.9 Å². The fourth-order valence-electron chi connectivity index (χ4n) is 1.75. The van der Waals surface area contributed by atoms with E-state index in [4.69, 9.17) is 5.73 Å². The first-order chi connectivity index (χ1) is 9.18. The fraction of sp³-hybridized carbons (Fsp3) is 0.333. The molecule has 0 spiro atoms. The van der Waals surface area contributed by atoms with Gasteiger partial charge in [0.1, 0.15) is 0 Å². The number of thioether (sulfide) groups is 1. The molecular formula is C12H15N5OS. The number of nitrogens with zero attached hydrogens (tertiary/aromatic N) is 4. The molecule has 2 N–H and O–H groups in total. The standard InChI is InChI=1S/C12H15N5OS/c1-17-12(14-15-16-17)19-8-4-6-9-5-2-3-7-10(9)11(13)18/h2-3,5,7H,4,6,8H2,1H3,(H2,13,18). The Bertz CT molecular complexity index is 569. The summed E-state index contributed by atoms with van der Waals surface area (Å²) in [6.07, 6.45) is 1.75. The first-order valence-corrected chi connectivity index (χ1v) is 6.90. The second-order valence-electron chi connectivity index (χ2n) is 4.06. The Morgan fingerprint density at radius 1 is 1.42 bits per heavy atom. The number of amides is 1. The summed E-state index contributed by atoms with van der Waals surface area (Å²) >= 11 is 1.60. The lowest BCUT2D eigenvalue weighted by molar-refractivity contribution is 0.0999. The molecule has 0 bridgehead atoms. The third-order valence-electron chi connectivity index (χ3n) is 2.69. The fourth-order valence-corrected chi connectivity index (χ4v) is 2.54. The average molecular weight is 277 g/mol. The van der Waals surface area contributed by atoms with Crippen molar-refractivity contribution in [3.63, 3.8) is 0 Å². The minimum Gasteiger partial charge on any atom is -0.366 e. The molecule has 0 aliphatic heterocycles. The molecule has 2 aromatic rings. The van der Waals surface area contributed by atoms with Gasteiger partial charge in [0.15, 0.2) is 0 Å². The Morgan fingerprint density at radius 3 is 2.89 bits per heavy atom. The van der Waals surface area contributed by atoms with Crippen LogP contribution in [0.25, 0.3) is 0 Å². The molecule has 1 aromatic heterocycles. The topological polar surface area (TPSA) is 86.7 Å². The van der Waals surface area contributed by atoms with E-state index in [9.17, 15) is 4.79 Å². The van der Waals surface area contributed by atoms with Crippen LogP contribution in [0.1, 0.15) is 22.3 Å². The third-order valence-corrected chi connectivity index (χ3v) is 3.78.